The van der Waals surface area contributed by atoms with Crippen molar-refractivity contribution in [3.05, 3.63) is 50.9 Å². The summed E-state index contributed by atoms with van der Waals surface area (Å²) in [5.74, 6) is 0.640. The Morgan fingerprint density at radius 1 is 1.30 bits per heavy atom. The molecule has 1 N–H and O–H groups in total. The van der Waals surface area contributed by atoms with Crippen molar-refractivity contribution in [2.75, 3.05) is 0 Å². The summed E-state index contributed by atoms with van der Waals surface area (Å²) in [4.78, 5) is 24.8. The maximum absolute atomic E-state index is 13.9. The highest BCUT2D eigenvalue weighted by atomic mass is 35.5. The fourth-order valence-electron chi connectivity index (χ4n) is 3.58. The second kappa shape index (κ2) is 7.46. The minimum absolute atomic E-state index is 0.0537. The Morgan fingerprint density at radius 3 is 2.85 bits per heavy atom. The molecule has 8 heteroatoms. The van der Waals surface area contributed by atoms with Gasteiger partial charge in [-0.2, -0.15) is 5.10 Å². The van der Waals surface area contributed by atoms with E-state index in [0.29, 0.717) is 38.3 Å². The van der Waals surface area contributed by atoms with E-state index in [1.54, 1.807) is 15.3 Å². The number of carbonyl (C=O) groups excluding carboxylic acids is 1. The molecule has 144 valence electrons. The van der Waals surface area contributed by atoms with Crippen LogP contribution in [0.3, 0.4) is 0 Å². The number of hydrogen-bond acceptors (Lipinski definition) is 3. The fourth-order valence-corrected chi connectivity index (χ4v) is 3.81. The summed E-state index contributed by atoms with van der Waals surface area (Å²) < 4.78 is 17.2. The molecule has 0 saturated heterocycles. The molecule has 1 amide bonds. The monoisotopic (exact) mass is 392 g/mol. The van der Waals surface area contributed by atoms with Crippen molar-refractivity contribution >= 4 is 17.5 Å². The summed E-state index contributed by atoms with van der Waals surface area (Å²) in [5, 5.41) is 7.68. The molecule has 0 bridgehead atoms. The summed E-state index contributed by atoms with van der Waals surface area (Å²) >= 11 is 5.99. The Balaban J connectivity index is 1.37. The highest BCUT2D eigenvalue weighted by Gasteiger charge is 2.26. The molecule has 1 unspecified atom stereocenters. The number of fused-ring (bicyclic) bond motifs is 1. The number of halogens is 2. The van der Waals surface area contributed by atoms with Crippen molar-refractivity contribution in [2.24, 2.45) is 5.92 Å². The number of hydrogen-bond donors (Lipinski definition) is 1. The number of aryl methyl sites for hydroxylation is 1. The smallest absolute Gasteiger partial charge is 0.345 e. The molecule has 1 aromatic heterocycles. The highest BCUT2D eigenvalue weighted by Crippen LogP contribution is 2.30. The van der Waals surface area contributed by atoms with Crippen molar-refractivity contribution in [1.82, 2.24) is 19.7 Å². The van der Waals surface area contributed by atoms with Gasteiger partial charge >= 0.3 is 5.69 Å². The van der Waals surface area contributed by atoms with Gasteiger partial charge < -0.3 is 5.32 Å². The van der Waals surface area contributed by atoms with Gasteiger partial charge in [0.2, 0.25) is 5.91 Å². The van der Waals surface area contributed by atoms with E-state index in [2.05, 4.69) is 10.4 Å². The molecule has 6 nitrogen and oxygen atoms in total. The molecule has 2 aromatic rings. The van der Waals surface area contributed by atoms with Gasteiger partial charge in [-0.25, -0.2) is 13.9 Å². The van der Waals surface area contributed by atoms with Crippen LogP contribution in [0, 0.1) is 11.7 Å². The third-order valence-electron chi connectivity index (χ3n) is 5.31. The minimum Gasteiger partial charge on any atom is -0.353 e. The number of aromatic nitrogens is 3. The van der Waals surface area contributed by atoms with Gasteiger partial charge in [0.1, 0.15) is 11.6 Å². The van der Waals surface area contributed by atoms with Gasteiger partial charge in [-0.05, 0) is 43.7 Å². The van der Waals surface area contributed by atoms with E-state index in [0.717, 1.165) is 5.82 Å². The Morgan fingerprint density at radius 2 is 2.11 bits per heavy atom. The van der Waals surface area contributed by atoms with Crippen LogP contribution in [-0.4, -0.2) is 26.3 Å². The predicted octanol–water partition coefficient (Wildman–Crippen LogP) is 2.31. The van der Waals surface area contributed by atoms with Crippen molar-refractivity contribution < 1.29 is 9.18 Å². The Hall–Kier alpha value is -2.15. The van der Waals surface area contributed by atoms with Crippen molar-refractivity contribution in [3.8, 4) is 0 Å². The molecule has 4 rings (SSSR count). The molecular weight excluding hydrogens is 371 g/mol. The summed E-state index contributed by atoms with van der Waals surface area (Å²) in [5.41, 5.74) is 0.156. The number of benzene rings is 1. The topological polar surface area (TPSA) is 68.9 Å². The molecule has 2 heterocycles. The largest absolute Gasteiger partial charge is 0.353 e. The molecular formula is C19H22ClFN4O2. The zero-order valence-electron chi connectivity index (χ0n) is 15.0. The van der Waals surface area contributed by atoms with E-state index in [1.807, 2.05) is 0 Å². The first-order chi connectivity index (χ1) is 13.0. The Kier molecular flexibility index (Phi) is 5.04. The highest BCUT2D eigenvalue weighted by molar-refractivity contribution is 6.31. The lowest BCUT2D eigenvalue weighted by atomic mass is 10.1. The van der Waals surface area contributed by atoms with Gasteiger partial charge in [-0.1, -0.05) is 17.7 Å². The molecule has 27 heavy (non-hydrogen) atoms. The maximum atomic E-state index is 13.9. The van der Waals surface area contributed by atoms with Gasteiger partial charge in [-0.15, -0.1) is 0 Å². The van der Waals surface area contributed by atoms with Gasteiger partial charge in [0, 0.05) is 36.1 Å². The van der Waals surface area contributed by atoms with E-state index in [4.69, 9.17) is 11.6 Å². The van der Waals surface area contributed by atoms with Gasteiger partial charge in [0.15, 0.2) is 0 Å². The SMILES string of the molecule is O=C(Cc1c(F)cccc1Cl)NC1CCc2nn(CC3CC3)c(=O)n2CC1. The van der Waals surface area contributed by atoms with Crippen LogP contribution >= 0.6 is 11.6 Å². The molecule has 2 aliphatic rings. The van der Waals surface area contributed by atoms with Crippen LogP contribution in [0.5, 0.6) is 0 Å². The fraction of sp³-hybridized carbons (Fsp3) is 0.526. The first-order valence-electron chi connectivity index (χ1n) is 9.40. The molecule has 1 saturated carbocycles. The van der Waals surface area contributed by atoms with Crippen molar-refractivity contribution in [2.45, 2.75) is 57.7 Å². The summed E-state index contributed by atoms with van der Waals surface area (Å²) in [7, 11) is 0. The van der Waals surface area contributed by atoms with Crippen LogP contribution in [0.4, 0.5) is 4.39 Å². The van der Waals surface area contributed by atoms with E-state index in [9.17, 15) is 14.0 Å². The van der Waals surface area contributed by atoms with Crippen LogP contribution in [0.2, 0.25) is 5.02 Å². The van der Waals surface area contributed by atoms with Gasteiger partial charge in [-0.3, -0.25) is 9.36 Å². The average Bonchev–Trinajstić information content (AvgIpc) is 3.42. The van der Waals surface area contributed by atoms with Crippen LogP contribution < -0.4 is 11.0 Å². The minimum atomic E-state index is -0.477. The molecule has 1 aromatic carbocycles. The molecule has 1 fully saturated rings. The van der Waals surface area contributed by atoms with Crippen LogP contribution in [0.1, 0.15) is 37.1 Å². The quantitative estimate of drug-likeness (QED) is 0.849. The van der Waals surface area contributed by atoms with Gasteiger partial charge in [0.05, 0.1) is 6.42 Å². The van der Waals surface area contributed by atoms with Crippen LogP contribution in [-0.2, 0) is 30.7 Å². The Bertz CT molecular complexity index is 899. The number of nitrogens with one attached hydrogen (secondary N) is 1. The second-order valence-corrected chi connectivity index (χ2v) is 7.85. The molecule has 1 aliphatic heterocycles. The number of carbonyl (C=O) groups is 1. The predicted molar refractivity (Wildman–Crippen MR) is 99.2 cm³/mol. The zero-order valence-corrected chi connectivity index (χ0v) is 15.7. The maximum Gasteiger partial charge on any atom is 0.345 e. The first kappa shape index (κ1) is 18.2. The Labute approximate surface area is 161 Å². The van der Waals surface area contributed by atoms with E-state index in [1.165, 1.54) is 25.0 Å². The number of nitrogens with zero attached hydrogens (tertiary/aromatic N) is 3. The van der Waals surface area contributed by atoms with Crippen LogP contribution in [0.25, 0.3) is 0 Å². The van der Waals surface area contributed by atoms with E-state index >= 15 is 0 Å². The standard InChI is InChI=1S/C19H22ClFN4O2/c20-15-2-1-3-16(21)14(15)10-18(26)22-13-6-7-17-23-25(11-12-4-5-12)19(27)24(17)9-8-13/h1-3,12-13H,4-11H2,(H,22,26). The lowest BCUT2D eigenvalue weighted by molar-refractivity contribution is -0.121. The summed E-state index contributed by atoms with van der Waals surface area (Å²) in [6.45, 7) is 1.24. The average molecular weight is 393 g/mol. The van der Waals surface area contributed by atoms with E-state index in [-0.39, 0.29) is 34.6 Å². The van der Waals surface area contributed by atoms with Crippen LogP contribution in [0.15, 0.2) is 23.0 Å². The summed E-state index contributed by atoms with van der Waals surface area (Å²) in [6, 6.07) is 4.32. The molecule has 0 radical (unpaired) electrons. The van der Waals surface area contributed by atoms with Crippen molar-refractivity contribution in [3.63, 3.8) is 0 Å². The molecule has 0 spiro atoms. The van der Waals surface area contributed by atoms with E-state index < -0.39 is 5.82 Å². The normalized spacial score (nSPS) is 19.4. The third kappa shape index (κ3) is 4.08. The molecule has 1 atom stereocenters. The summed E-state index contributed by atoms with van der Waals surface area (Å²) in [6.07, 6.45) is 4.25. The zero-order chi connectivity index (χ0) is 19.0. The third-order valence-corrected chi connectivity index (χ3v) is 5.66. The van der Waals surface area contributed by atoms with Crippen molar-refractivity contribution in [1.29, 1.82) is 0 Å². The first-order valence-corrected chi connectivity index (χ1v) is 9.78. The number of rotatable bonds is 5. The van der Waals surface area contributed by atoms with Gasteiger partial charge in [0.25, 0.3) is 0 Å². The second-order valence-electron chi connectivity index (χ2n) is 7.44. The lowest BCUT2D eigenvalue weighted by Gasteiger charge is -2.16. The molecule has 1 aliphatic carbocycles. The number of amides is 1. The lowest BCUT2D eigenvalue weighted by Crippen LogP contribution is -2.37.